The normalized spacial score (nSPS) is 16.4. The zero-order valence-corrected chi connectivity index (χ0v) is 12.0. The van der Waals surface area contributed by atoms with Gasteiger partial charge in [0.15, 0.2) is 0 Å². The molecule has 0 radical (unpaired) electrons. The number of carboxylic acid groups (broad SMARTS) is 1. The number of hydrogen-bond donors (Lipinski definition) is 2. The van der Waals surface area contributed by atoms with E-state index >= 15 is 0 Å². The second-order valence-corrected chi connectivity index (χ2v) is 4.76. The molecule has 1 aliphatic rings. The van der Waals surface area contributed by atoms with Crippen LogP contribution in [0.1, 0.15) is 19.3 Å². The minimum atomic E-state index is -0.847. The molecule has 7 heteroatoms. The Balaban J connectivity index is 2.11. The van der Waals surface area contributed by atoms with E-state index in [0.717, 1.165) is 12.8 Å². The van der Waals surface area contributed by atoms with Gasteiger partial charge in [0.2, 0.25) is 5.91 Å². The predicted molar refractivity (Wildman–Crippen MR) is 72.6 cm³/mol. The number of aliphatic carboxylic acids is 1. The molecule has 116 valence electrons. The first-order chi connectivity index (χ1) is 9.63. The predicted octanol–water partition coefficient (Wildman–Crippen LogP) is -0.295. The van der Waals surface area contributed by atoms with Crippen molar-refractivity contribution in [3.05, 3.63) is 0 Å². The number of nitrogens with one attached hydrogen (secondary N) is 1. The van der Waals surface area contributed by atoms with Crippen LogP contribution in [-0.2, 0) is 19.1 Å². The Bertz CT molecular complexity index is 303. The lowest BCUT2D eigenvalue weighted by molar-refractivity contribution is -0.139. The van der Waals surface area contributed by atoms with Gasteiger partial charge in [0.05, 0.1) is 32.3 Å². The van der Waals surface area contributed by atoms with Gasteiger partial charge in [-0.05, 0) is 12.8 Å². The fourth-order valence-corrected chi connectivity index (χ4v) is 2.07. The van der Waals surface area contributed by atoms with Gasteiger partial charge >= 0.3 is 5.97 Å². The fraction of sp³-hybridized carbons (Fsp3) is 0.846. The maximum atomic E-state index is 11.9. The van der Waals surface area contributed by atoms with E-state index in [0.29, 0.717) is 32.8 Å². The number of hydrogen-bond acceptors (Lipinski definition) is 5. The molecule has 1 heterocycles. The lowest BCUT2D eigenvalue weighted by Crippen LogP contribution is -2.45. The van der Waals surface area contributed by atoms with Crippen molar-refractivity contribution in [3.8, 4) is 0 Å². The van der Waals surface area contributed by atoms with Crippen LogP contribution in [0.5, 0.6) is 0 Å². The highest BCUT2D eigenvalue weighted by Gasteiger charge is 2.22. The molecule has 0 bridgehead atoms. The molecule has 2 N–H and O–H groups in total. The van der Waals surface area contributed by atoms with Crippen LogP contribution in [0.3, 0.4) is 0 Å². The van der Waals surface area contributed by atoms with Crippen molar-refractivity contribution in [2.24, 2.45) is 0 Å². The molecule has 0 atom stereocenters. The molecule has 0 spiro atoms. The summed E-state index contributed by atoms with van der Waals surface area (Å²) in [5.41, 5.74) is 0. The Hall–Kier alpha value is -1.18. The number of carbonyl (C=O) groups is 2. The van der Waals surface area contributed by atoms with Crippen molar-refractivity contribution in [1.29, 1.82) is 0 Å². The van der Waals surface area contributed by atoms with E-state index in [1.807, 2.05) is 4.90 Å². The van der Waals surface area contributed by atoms with E-state index in [1.165, 1.54) is 0 Å². The minimum absolute atomic E-state index is 0.0303. The average molecular weight is 288 g/mol. The highest BCUT2D eigenvalue weighted by Crippen LogP contribution is 2.13. The number of carbonyl (C=O) groups excluding carboxylic acids is 1. The number of piperidine rings is 1. The number of carboxylic acids is 1. The lowest BCUT2D eigenvalue weighted by atomic mass is 10.1. The maximum absolute atomic E-state index is 11.9. The summed E-state index contributed by atoms with van der Waals surface area (Å²) < 4.78 is 10.4. The first-order valence-corrected chi connectivity index (χ1v) is 6.94. The molecule has 7 nitrogen and oxygen atoms in total. The van der Waals surface area contributed by atoms with Crippen molar-refractivity contribution in [2.75, 3.05) is 46.5 Å². The number of methoxy groups -OCH3 is 1. The van der Waals surface area contributed by atoms with Crippen LogP contribution < -0.4 is 5.32 Å². The molecular formula is C13H24N2O5. The number of ether oxygens (including phenoxy) is 2. The van der Waals surface area contributed by atoms with Crippen molar-refractivity contribution in [2.45, 2.75) is 25.4 Å². The SMILES string of the molecule is COCCNCC(=O)N1CCC(OCCC(=O)O)CC1. The van der Waals surface area contributed by atoms with Gasteiger partial charge in [0.25, 0.3) is 0 Å². The number of nitrogens with zero attached hydrogens (tertiary/aromatic N) is 1. The number of likely N-dealkylation sites (tertiary alicyclic amines) is 1. The Morgan fingerprint density at radius 1 is 1.30 bits per heavy atom. The van der Waals surface area contributed by atoms with Gasteiger partial charge in [-0.3, -0.25) is 9.59 Å². The Labute approximate surface area is 119 Å². The third kappa shape index (κ3) is 6.83. The Morgan fingerprint density at radius 2 is 2.00 bits per heavy atom. The van der Waals surface area contributed by atoms with Crippen LogP contribution in [0.4, 0.5) is 0 Å². The smallest absolute Gasteiger partial charge is 0.305 e. The highest BCUT2D eigenvalue weighted by atomic mass is 16.5. The van der Waals surface area contributed by atoms with Gasteiger partial charge in [0.1, 0.15) is 0 Å². The van der Waals surface area contributed by atoms with Crippen LogP contribution in [0.15, 0.2) is 0 Å². The molecule has 0 aromatic carbocycles. The summed E-state index contributed by atoms with van der Waals surface area (Å²) >= 11 is 0. The Kier molecular flexibility index (Phi) is 8.17. The molecule has 0 aromatic rings. The third-order valence-electron chi connectivity index (χ3n) is 3.22. The third-order valence-corrected chi connectivity index (χ3v) is 3.22. The topological polar surface area (TPSA) is 88.1 Å². The van der Waals surface area contributed by atoms with Gasteiger partial charge in [-0.15, -0.1) is 0 Å². The first-order valence-electron chi connectivity index (χ1n) is 6.94. The summed E-state index contributed by atoms with van der Waals surface area (Å²) in [6.07, 6.45) is 1.63. The van der Waals surface area contributed by atoms with Crippen LogP contribution in [0.25, 0.3) is 0 Å². The summed E-state index contributed by atoms with van der Waals surface area (Å²) in [4.78, 5) is 24.1. The fourth-order valence-electron chi connectivity index (χ4n) is 2.07. The van der Waals surface area contributed by atoms with Gasteiger partial charge in [0, 0.05) is 26.7 Å². The highest BCUT2D eigenvalue weighted by molar-refractivity contribution is 5.78. The zero-order chi connectivity index (χ0) is 14.8. The largest absolute Gasteiger partial charge is 0.481 e. The summed E-state index contributed by atoms with van der Waals surface area (Å²) in [5.74, 6) is -0.759. The second-order valence-electron chi connectivity index (χ2n) is 4.76. The molecular weight excluding hydrogens is 264 g/mol. The molecule has 1 rings (SSSR count). The van der Waals surface area contributed by atoms with Crippen molar-refractivity contribution < 1.29 is 24.2 Å². The van der Waals surface area contributed by atoms with Crippen LogP contribution in [-0.4, -0.2) is 74.5 Å². The van der Waals surface area contributed by atoms with E-state index in [1.54, 1.807) is 7.11 Å². The second kappa shape index (κ2) is 9.68. The number of rotatable bonds is 9. The van der Waals surface area contributed by atoms with E-state index in [2.05, 4.69) is 5.32 Å². The monoisotopic (exact) mass is 288 g/mol. The summed E-state index contributed by atoms with van der Waals surface area (Å²) in [5, 5.41) is 11.6. The molecule has 0 unspecified atom stereocenters. The zero-order valence-electron chi connectivity index (χ0n) is 12.0. The van der Waals surface area contributed by atoms with Gasteiger partial charge in [-0.25, -0.2) is 0 Å². The first kappa shape index (κ1) is 16.9. The van der Waals surface area contributed by atoms with Gasteiger partial charge < -0.3 is 24.8 Å². The quantitative estimate of drug-likeness (QED) is 0.567. The van der Waals surface area contributed by atoms with Crippen LogP contribution in [0.2, 0.25) is 0 Å². The van der Waals surface area contributed by atoms with E-state index in [-0.39, 0.29) is 25.0 Å². The molecule has 1 amide bonds. The average Bonchev–Trinajstić information content (AvgIpc) is 2.44. The summed E-state index contributed by atoms with van der Waals surface area (Å²) in [6.45, 7) is 3.16. The molecule has 1 fully saturated rings. The van der Waals surface area contributed by atoms with Gasteiger partial charge in [-0.2, -0.15) is 0 Å². The summed E-state index contributed by atoms with van der Waals surface area (Å²) in [7, 11) is 1.62. The van der Waals surface area contributed by atoms with E-state index in [9.17, 15) is 9.59 Å². The van der Waals surface area contributed by atoms with Crippen LogP contribution in [0, 0.1) is 0 Å². The molecule has 0 aliphatic carbocycles. The van der Waals surface area contributed by atoms with E-state index < -0.39 is 5.97 Å². The van der Waals surface area contributed by atoms with Crippen molar-refractivity contribution in [3.63, 3.8) is 0 Å². The molecule has 0 aromatic heterocycles. The summed E-state index contributed by atoms with van der Waals surface area (Å²) in [6, 6.07) is 0. The maximum Gasteiger partial charge on any atom is 0.305 e. The minimum Gasteiger partial charge on any atom is -0.481 e. The lowest BCUT2D eigenvalue weighted by Gasteiger charge is -2.32. The molecule has 20 heavy (non-hydrogen) atoms. The standard InChI is InChI=1S/C13H24N2O5/c1-19-9-5-14-10-12(16)15-6-2-11(3-7-15)20-8-4-13(17)18/h11,14H,2-10H2,1H3,(H,17,18). The number of amides is 1. The van der Waals surface area contributed by atoms with Crippen LogP contribution >= 0.6 is 0 Å². The molecule has 1 aliphatic heterocycles. The van der Waals surface area contributed by atoms with Crippen molar-refractivity contribution in [1.82, 2.24) is 10.2 Å². The van der Waals surface area contributed by atoms with Crippen molar-refractivity contribution >= 4 is 11.9 Å². The van der Waals surface area contributed by atoms with E-state index in [4.69, 9.17) is 14.6 Å². The Morgan fingerprint density at radius 3 is 2.60 bits per heavy atom. The molecule has 1 saturated heterocycles. The van der Waals surface area contributed by atoms with Gasteiger partial charge in [-0.1, -0.05) is 0 Å². The molecule has 0 saturated carbocycles.